The zero-order valence-electron chi connectivity index (χ0n) is 16.8. The fourth-order valence-electron chi connectivity index (χ4n) is 3.81. The first kappa shape index (κ1) is 19.8. The van der Waals surface area contributed by atoms with Gasteiger partial charge in [-0.25, -0.2) is 4.39 Å². The second-order valence-electron chi connectivity index (χ2n) is 7.44. The number of hydrogen-bond acceptors (Lipinski definition) is 3. The highest BCUT2D eigenvalue weighted by atomic mass is 19.1. The third-order valence-corrected chi connectivity index (χ3v) is 5.52. The van der Waals surface area contributed by atoms with Crippen LogP contribution in [0.2, 0.25) is 0 Å². The van der Waals surface area contributed by atoms with Gasteiger partial charge in [-0.2, -0.15) is 0 Å². The van der Waals surface area contributed by atoms with Gasteiger partial charge < -0.3 is 9.80 Å². The van der Waals surface area contributed by atoms with Crippen molar-refractivity contribution in [3.8, 4) is 0 Å². The highest BCUT2D eigenvalue weighted by Crippen LogP contribution is 2.23. The summed E-state index contributed by atoms with van der Waals surface area (Å²) >= 11 is 0. The maximum absolute atomic E-state index is 14.4. The van der Waals surface area contributed by atoms with E-state index in [-0.39, 0.29) is 11.7 Å². The van der Waals surface area contributed by atoms with E-state index in [9.17, 15) is 14.0 Å². The van der Waals surface area contributed by atoms with Gasteiger partial charge in [0.25, 0.3) is 0 Å². The van der Waals surface area contributed by atoms with Crippen LogP contribution in [0.3, 0.4) is 0 Å². The molecule has 0 bridgehead atoms. The van der Waals surface area contributed by atoms with Crippen molar-refractivity contribution in [1.29, 1.82) is 0 Å². The number of amides is 1. The van der Waals surface area contributed by atoms with Gasteiger partial charge in [0.15, 0.2) is 5.78 Å². The molecule has 1 heterocycles. The number of fused-ring (bicyclic) bond motifs is 1. The average Bonchev–Trinajstić information content (AvgIpc) is 2.77. The maximum Gasteiger partial charge on any atom is 0.246 e. The van der Waals surface area contributed by atoms with Crippen LogP contribution in [0.25, 0.3) is 16.8 Å². The van der Waals surface area contributed by atoms with Gasteiger partial charge in [-0.3, -0.25) is 9.59 Å². The molecule has 1 aliphatic heterocycles. The second-order valence-corrected chi connectivity index (χ2v) is 7.44. The minimum atomic E-state index is -0.404. The van der Waals surface area contributed by atoms with E-state index in [1.54, 1.807) is 23.1 Å². The summed E-state index contributed by atoms with van der Waals surface area (Å²) in [7, 11) is 0. The lowest BCUT2D eigenvalue weighted by molar-refractivity contribution is -0.126. The molecule has 0 spiro atoms. The van der Waals surface area contributed by atoms with Gasteiger partial charge in [-0.05, 0) is 47.5 Å². The van der Waals surface area contributed by atoms with Crippen LogP contribution in [0.4, 0.5) is 10.1 Å². The molecule has 1 aliphatic rings. The summed E-state index contributed by atoms with van der Waals surface area (Å²) in [4.78, 5) is 27.7. The molecule has 4 rings (SSSR count). The van der Waals surface area contributed by atoms with Crippen LogP contribution in [-0.4, -0.2) is 42.8 Å². The quantitative estimate of drug-likeness (QED) is 0.475. The smallest absolute Gasteiger partial charge is 0.246 e. The lowest BCUT2D eigenvalue weighted by Gasteiger charge is -2.35. The lowest BCUT2D eigenvalue weighted by atomic mass is 10.0. The number of benzene rings is 3. The number of carbonyl (C=O) groups excluding carboxylic acids is 2. The van der Waals surface area contributed by atoms with Gasteiger partial charge in [0.05, 0.1) is 5.69 Å². The Bertz CT molecular complexity index is 1130. The molecule has 0 saturated carbocycles. The summed E-state index contributed by atoms with van der Waals surface area (Å²) in [5.74, 6) is -0.609. The number of anilines is 1. The van der Waals surface area contributed by atoms with Gasteiger partial charge in [0.2, 0.25) is 5.91 Å². The predicted octanol–water partition coefficient (Wildman–Crippen LogP) is 4.54. The fraction of sp³-hybridized carbons (Fsp3) is 0.200. The van der Waals surface area contributed by atoms with Crippen molar-refractivity contribution >= 4 is 34.2 Å². The molecule has 0 aliphatic carbocycles. The summed E-state index contributed by atoms with van der Waals surface area (Å²) in [6.45, 7) is 3.55. The molecule has 4 nitrogen and oxygen atoms in total. The van der Waals surface area contributed by atoms with E-state index in [4.69, 9.17) is 0 Å². The van der Waals surface area contributed by atoms with Crippen molar-refractivity contribution in [3.05, 3.63) is 83.7 Å². The number of nitrogens with zero attached hydrogens (tertiary/aromatic N) is 2. The number of ketones is 1. The summed E-state index contributed by atoms with van der Waals surface area (Å²) in [6.07, 6.45) is 3.47. The molecule has 0 N–H and O–H groups in total. The Kier molecular flexibility index (Phi) is 5.61. The molecule has 3 aromatic carbocycles. The summed E-state index contributed by atoms with van der Waals surface area (Å²) < 4.78 is 14.4. The van der Waals surface area contributed by atoms with Crippen LogP contribution >= 0.6 is 0 Å². The third kappa shape index (κ3) is 4.10. The molecule has 3 aromatic rings. The van der Waals surface area contributed by atoms with Crippen LogP contribution in [0.5, 0.6) is 0 Å². The normalized spacial score (nSPS) is 14.5. The van der Waals surface area contributed by atoms with Gasteiger partial charge in [-0.15, -0.1) is 0 Å². The highest BCUT2D eigenvalue weighted by Gasteiger charge is 2.22. The number of halogens is 1. The molecule has 0 radical (unpaired) electrons. The van der Waals surface area contributed by atoms with Crippen molar-refractivity contribution < 1.29 is 14.0 Å². The molecule has 5 heteroatoms. The van der Waals surface area contributed by atoms with E-state index in [1.165, 1.54) is 13.0 Å². The van der Waals surface area contributed by atoms with Crippen LogP contribution < -0.4 is 4.90 Å². The summed E-state index contributed by atoms with van der Waals surface area (Å²) in [5.41, 5.74) is 1.84. The Hall–Kier alpha value is -3.47. The molecular formula is C25H23FN2O2. The summed E-state index contributed by atoms with van der Waals surface area (Å²) in [5, 5.41) is 2.25. The van der Waals surface area contributed by atoms with E-state index in [1.807, 2.05) is 41.3 Å². The molecule has 1 saturated heterocycles. The highest BCUT2D eigenvalue weighted by molar-refractivity contribution is 5.97. The largest absolute Gasteiger partial charge is 0.366 e. The first-order valence-corrected chi connectivity index (χ1v) is 10.0. The van der Waals surface area contributed by atoms with Crippen molar-refractivity contribution in [2.24, 2.45) is 0 Å². The number of rotatable bonds is 4. The van der Waals surface area contributed by atoms with E-state index < -0.39 is 5.82 Å². The minimum Gasteiger partial charge on any atom is -0.366 e. The second kappa shape index (κ2) is 8.49. The van der Waals surface area contributed by atoms with E-state index in [2.05, 4.69) is 12.1 Å². The fourth-order valence-corrected chi connectivity index (χ4v) is 3.81. The van der Waals surface area contributed by atoms with Crippen LogP contribution in [0, 0.1) is 5.82 Å². The molecule has 1 amide bonds. The van der Waals surface area contributed by atoms with Gasteiger partial charge >= 0.3 is 0 Å². The van der Waals surface area contributed by atoms with E-state index in [0.717, 1.165) is 16.3 Å². The zero-order chi connectivity index (χ0) is 21.1. The molecule has 0 unspecified atom stereocenters. The molecule has 152 valence electrons. The van der Waals surface area contributed by atoms with E-state index in [0.29, 0.717) is 37.4 Å². The first-order chi connectivity index (χ1) is 14.5. The van der Waals surface area contributed by atoms with Crippen molar-refractivity contribution in [2.75, 3.05) is 31.1 Å². The zero-order valence-corrected chi connectivity index (χ0v) is 16.8. The monoisotopic (exact) mass is 402 g/mol. The Morgan fingerprint density at radius 2 is 1.67 bits per heavy atom. The Morgan fingerprint density at radius 1 is 0.933 bits per heavy atom. The van der Waals surface area contributed by atoms with Crippen LogP contribution in [-0.2, 0) is 4.79 Å². The standard InChI is InChI=1S/C25H23FN2O2/c1-18(29)21-9-11-24(23(26)17-21)27-13-15-28(16-14-27)25(30)12-10-20-7-4-6-19-5-2-3-8-22(19)20/h2-12,17H,13-16H2,1H3/b12-10+. The predicted molar refractivity (Wildman–Crippen MR) is 118 cm³/mol. The number of carbonyl (C=O) groups is 2. The maximum atomic E-state index is 14.4. The first-order valence-electron chi connectivity index (χ1n) is 10.0. The number of hydrogen-bond donors (Lipinski definition) is 0. The van der Waals surface area contributed by atoms with E-state index >= 15 is 0 Å². The van der Waals surface area contributed by atoms with Crippen LogP contribution in [0.1, 0.15) is 22.8 Å². The van der Waals surface area contributed by atoms with Crippen molar-refractivity contribution in [2.45, 2.75) is 6.92 Å². The Morgan fingerprint density at radius 3 is 2.40 bits per heavy atom. The average molecular weight is 402 g/mol. The van der Waals surface area contributed by atoms with Crippen molar-refractivity contribution in [1.82, 2.24) is 4.90 Å². The lowest BCUT2D eigenvalue weighted by Crippen LogP contribution is -2.48. The minimum absolute atomic E-state index is 0.0463. The number of Topliss-reactive ketones (excluding diaryl/α,β-unsaturated/α-hetero) is 1. The molecule has 0 aromatic heterocycles. The molecule has 30 heavy (non-hydrogen) atoms. The Labute approximate surface area is 175 Å². The van der Waals surface area contributed by atoms with Gasteiger partial charge in [0, 0.05) is 37.8 Å². The third-order valence-electron chi connectivity index (χ3n) is 5.52. The molecular weight excluding hydrogens is 379 g/mol. The van der Waals surface area contributed by atoms with Gasteiger partial charge in [-0.1, -0.05) is 42.5 Å². The van der Waals surface area contributed by atoms with Crippen molar-refractivity contribution in [3.63, 3.8) is 0 Å². The van der Waals surface area contributed by atoms with Crippen LogP contribution in [0.15, 0.2) is 66.7 Å². The van der Waals surface area contributed by atoms with Gasteiger partial charge in [0.1, 0.15) is 5.82 Å². The summed E-state index contributed by atoms with van der Waals surface area (Å²) in [6, 6.07) is 18.7. The number of piperazine rings is 1. The molecule has 0 atom stereocenters. The Balaban J connectivity index is 1.41. The topological polar surface area (TPSA) is 40.6 Å². The SMILES string of the molecule is CC(=O)c1ccc(N2CCN(C(=O)/C=C/c3cccc4ccccc34)CC2)c(F)c1. The molecule has 1 fully saturated rings.